The predicted octanol–water partition coefficient (Wildman–Crippen LogP) is 0.129. The molecule has 0 aromatic rings. The lowest BCUT2D eigenvalue weighted by molar-refractivity contribution is 0.228. The van der Waals surface area contributed by atoms with Crippen LogP contribution in [0.25, 0.3) is 0 Å². The van der Waals surface area contributed by atoms with Crippen molar-refractivity contribution in [2.75, 3.05) is 13.1 Å². The average Bonchev–Trinajstić information content (AvgIpc) is 2.24. The Balaban J connectivity index is 2.24. The first-order chi connectivity index (χ1) is 7.58. The van der Waals surface area contributed by atoms with E-state index in [-0.39, 0.29) is 0 Å². The maximum Gasteiger partial charge on any atom is 0.312 e. The zero-order valence-electron chi connectivity index (χ0n) is 9.37. The Morgan fingerprint density at radius 1 is 1.00 bits per heavy atom. The molecule has 4 amide bonds. The zero-order chi connectivity index (χ0) is 12.0. The summed E-state index contributed by atoms with van der Waals surface area (Å²) in [6, 6.07) is -0.949. The Kier molecular flexibility index (Phi) is 4.88. The molecule has 0 aromatic heterocycles. The van der Waals surface area contributed by atoms with Crippen molar-refractivity contribution in [2.24, 2.45) is 23.3 Å². The summed E-state index contributed by atoms with van der Waals surface area (Å²) in [6.45, 7) is 1.25. The van der Waals surface area contributed by atoms with Gasteiger partial charge in [-0.3, -0.25) is 0 Å². The summed E-state index contributed by atoms with van der Waals surface area (Å²) in [5, 5.41) is 5.25. The van der Waals surface area contributed by atoms with Crippen molar-refractivity contribution in [3.63, 3.8) is 0 Å². The fourth-order valence-electron chi connectivity index (χ4n) is 2.26. The second kappa shape index (κ2) is 6.19. The molecule has 0 radical (unpaired) electrons. The van der Waals surface area contributed by atoms with E-state index in [1.54, 1.807) is 0 Å². The minimum absolute atomic E-state index is 0.459. The van der Waals surface area contributed by atoms with Crippen LogP contribution in [0.3, 0.4) is 0 Å². The second-order valence-corrected chi connectivity index (χ2v) is 4.39. The fourth-order valence-corrected chi connectivity index (χ4v) is 2.26. The van der Waals surface area contributed by atoms with E-state index >= 15 is 0 Å². The molecule has 2 atom stereocenters. The molecule has 0 spiro atoms. The van der Waals surface area contributed by atoms with Crippen LogP contribution in [0.15, 0.2) is 0 Å². The molecule has 1 rings (SSSR count). The predicted molar refractivity (Wildman–Crippen MR) is 60.6 cm³/mol. The van der Waals surface area contributed by atoms with Crippen LogP contribution >= 0.6 is 0 Å². The van der Waals surface area contributed by atoms with Gasteiger partial charge in [0.1, 0.15) is 0 Å². The van der Waals surface area contributed by atoms with Gasteiger partial charge in [-0.1, -0.05) is 6.42 Å². The van der Waals surface area contributed by atoms with Gasteiger partial charge in [-0.15, -0.1) is 0 Å². The zero-order valence-corrected chi connectivity index (χ0v) is 9.37. The van der Waals surface area contributed by atoms with Gasteiger partial charge >= 0.3 is 12.1 Å². The number of carbonyl (C=O) groups excluding carboxylic acids is 2. The van der Waals surface area contributed by atoms with Crippen molar-refractivity contribution >= 4 is 12.1 Å². The standard InChI is InChI=1S/C10H20N4O2/c11-9(15)13-5-7-2-1-3-8(4-7)6-14-10(12)16/h7-8H,1-6H2,(H3,11,13,15)(H3,12,14,16)/t7-,8+. The number of hydrogen-bond acceptors (Lipinski definition) is 2. The van der Waals surface area contributed by atoms with E-state index in [2.05, 4.69) is 10.6 Å². The molecular formula is C10H20N4O2. The number of carbonyl (C=O) groups is 2. The Bertz CT molecular complexity index is 233. The lowest BCUT2D eigenvalue weighted by Gasteiger charge is -2.29. The summed E-state index contributed by atoms with van der Waals surface area (Å²) in [4.78, 5) is 21.2. The fraction of sp³-hybridized carbons (Fsp3) is 0.800. The van der Waals surface area contributed by atoms with E-state index in [9.17, 15) is 9.59 Å². The normalized spacial score (nSPS) is 24.8. The van der Waals surface area contributed by atoms with Crippen LogP contribution in [0, 0.1) is 11.8 Å². The maximum absolute atomic E-state index is 10.6. The minimum atomic E-state index is -0.475. The summed E-state index contributed by atoms with van der Waals surface area (Å²) in [5.41, 5.74) is 10.0. The smallest absolute Gasteiger partial charge is 0.312 e. The molecule has 0 bridgehead atoms. The van der Waals surface area contributed by atoms with Gasteiger partial charge in [-0.25, -0.2) is 9.59 Å². The lowest BCUT2D eigenvalue weighted by Crippen LogP contribution is -2.38. The van der Waals surface area contributed by atoms with Gasteiger partial charge in [-0.2, -0.15) is 0 Å². The quantitative estimate of drug-likeness (QED) is 0.548. The molecular weight excluding hydrogens is 208 g/mol. The van der Waals surface area contributed by atoms with E-state index in [1.807, 2.05) is 0 Å². The van der Waals surface area contributed by atoms with E-state index in [1.165, 1.54) is 0 Å². The molecule has 0 aliphatic heterocycles. The molecule has 1 saturated carbocycles. The van der Waals surface area contributed by atoms with Crippen molar-refractivity contribution in [1.29, 1.82) is 0 Å². The van der Waals surface area contributed by atoms with Gasteiger partial charge < -0.3 is 22.1 Å². The first-order valence-electron chi connectivity index (χ1n) is 5.64. The first kappa shape index (κ1) is 12.6. The Morgan fingerprint density at radius 3 is 1.81 bits per heavy atom. The van der Waals surface area contributed by atoms with Crippen LogP contribution in [0.5, 0.6) is 0 Å². The van der Waals surface area contributed by atoms with Gasteiger partial charge in [-0.05, 0) is 31.1 Å². The van der Waals surface area contributed by atoms with Crippen LogP contribution in [0.2, 0.25) is 0 Å². The lowest BCUT2D eigenvalue weighted by atomic mass is 9.81. The van der Waals surface area contributed by atoms with Crippen LogP contribution in [-0.2, 0) is 0 Å². The third kappa shape index (κ3) is 4.86. The summed E-state index contributed by atoms with van der Waals surface area (Å²) in [7, 11) is 0. The molecule has 0 heterocycles. The van der Waals surface area contributed by atoms with Gasteiger partial charge in [0.2, 0.25) is 0 Å². The number of nitrogens with two attached hydrogens (primary N) is 2. The van der Waals surface area contributed by atoms with Crippen molar-refractivity contribution in [1.82, 2.24) is 10.6 Å². The number of amides is 4. The molecule has 0 aromatic carbocycles. The van der Waals surface area contributed by atoms with E-state index < -0.39 is 12.1 Å². The van der Waals surface area contributed by atoms with E-state index in [4.69, 9.17) is 11.5 Å². The van der Waals surface area contributed by atoms with E-state index in [0.29, 0.717) is 24.9 Å². The highest BCUT2D eigenvalue weighted by molar-refractivity contribution is 5.71. The number of urea groups is 2. The molecule has 16 heavy (non-hydrogen) atoms. The molecule has 6 nitrogen and oxygen atoms in total. The topological polar surface area (TPSA) is 110 Å². The third-order valence-corrected chi connectivity index (χ3v) is 3.02. The molecule has 6 heteroatoms. The minimum Gasteiger partial charge on any atom is -0.352 e. The van der Waals surface area contributed by atoms with Gasteiger partial charge in [0.25, 0.3) is 0 Å². The maximum atomic E-state index is 10.6. The number of hydrogen-bond donors (Lipinski definition) is 4. The van der Waals surface area contributed by atoms with Crippen molar-refractivity contribution in [3.05, 3.63) is 0 Å². The molecule has 0 saturated heterocycles. The highest BCUT2D eigenvalue weighted by Gasteiger charge is 2.22. The molecule has 1 aliphatic carbocycles. The van der Waals surface area contributed by atoms with Crippen LogP contribution in [-0.4, -0.2) is 25.2 Å². The van der Waals surface area contributed by atoms with Gasteiger partial charge in [0.05, 0.1) is 0 Å². The molecule has 1 aliphatic rings. The highest BCUT2D eigenvalue weighted by Crippen LogP contribution is 2.28. The third-order valence-electron chi connectivity index (χ3n) is 3.02. The Morgan fingerprint density at radius 2 is 1.44 bits per heavy atom. The average molecular weight is 228 g/mol. The molecule has 0 unspecified atom stereocenters. The summed E-state index contributed by atoms with van der Waals surface area (Å²) < 4.78 is 0. The van der Waals surface area contributed by atoms with Crippen molar-refractivity contribution in [2.45, 2.75) is 25.7 Å². The molecule has 6 N–H and O–H groups in total. The number of nitrogens with one attached hydrogen (secondary N) is 2. The number of rotatable bonds is 4. The van der Waals surface area contributed by atoms with Crippen molar-refractivity contribution < 1.29 is 9.59 Å². The van der Waals surface area contributed by atoms with Crippen molar-refractivity contribution in [3.8, 4) is 0 Å². The number of primary amides is 2. The van der Waals surface area contributed by atoms with Crippen LogP contribution < -0.4 is 22.1 Å². The highest BCUT2D eigenvalue weighted by atomic mass is 16.2. The van der Waals surface area contributed by atoms with Crippen LogP contribution in [0.1, 0.15) is 25.7 Å². The summed E-state index contributed by atoms with van der Waals surface area (Å²) in [6.07, 6.45) is 4.33. The molecule has 1 fully saturated rings. The van der Waals surface area contributed by atoms with Gasteiger partial charge in [0, 0.05) is 13.1 Å². The largest absolute Gasteiger partial charge is 0.352 e. The van der Waals surface area contributed by atoms with E-state index in [0.717, 1.165) is 25.7 Å². The summed E-state index contributed by atoms with van der Waals surface area (Å²) in [5.74, 6) is 0.918. The summed E-state index contributed by atoms with van der Waals surface area (Å²) >= 11 is 0. The Hall–Kier alpha value is -1.46. The monoisotopic (exact) mass is 228 g/mol. The second-order valence-electron chi connectivity index (χ2n) is 4.39. The SMILES string of the molecule is NC(=O)NC[C@H]1CCC[C@@H](CNC(N)=O)C1. The van der Waals surface area contributed by atoms with Gasteiger partial charge in [0.15, 0.2) is 0 Å². The Labute approximate surface area is 95.1 Å². The van der Waals surface area contributed by atoms with Crippen LogP contribution in [0.4, 0.5) is 9.59 Å². The molecule has 92 valence electrons. The first-order valence-corrected chi connectivity index (χ1v) is 5.64.